The van der Waals surface area contributed by atoms with Gasteiger partial charge in [0, 0.05) is 18.5 Å². The van der Waals surface area contributed by atoms with E-state index in [2.05, 4.69) is 21.3 Å². The molecule has 4 unspecified atom stereocenters. The molecule has 4 rings (SSSR count). The van der Waals surface area contributed by atoms with Crippen LogP contribution in [0.1, 0.15) is 70.0 Å². The van der Waals surface area contributed by atoms with Crippen LogP contribution in [0.15, 0.2) is 60.7 Å². The molecule has 234 valence electrons. The van der Waals surface area contributed by atoms with Crippen molar-refractivity contribution in [3.8, 4) is 0 Å². The molecule has 2 aliphatic rings. The first kappa shape index (κ1) is 33.7. The topological polar surface area (TPSA) is 146 Å². The van der Waals surface area contributed by atoms with Crippen molar-refractivity contribution in [3.05, 3.63) is 71.8 Å². The van der Waals surface area contributed by atoms with Crippen molar-refractivity contribution in [2.24, 2.45) is 11.7 Å². The summed E-state index contributed by atoms with van der Waals surface area (Å²) in [6, 6.07) is 16.7. The summed E-state index contributed by atoms with van der Waals surface area (Å²) in [7, 11) is 1.68. The second kappa shape index (κ2) is 16.8. The van der Waals surface area contributed by atoms with E-state index in [1.807, 2.05) is 74.5 Å². The minimum Gasteiger partial charge on any atom is -0.355 e. The van der Waals surface area contributed by atoms with E-state index in [4.69, 9.17) is 5.73 Å². The Morgan fingerprint density at radius 2 is 1.51 bits per heavy atom. The first-order valence-corrected chi connectivity index (χ1v) is 15.5. The fraction of sp³-hybridized carbons (Fsp3) is 0.515. The number of carbonyl (C=O) groups is 4. The summed E-state index contributed by atoms with van der Waals surface area (Å²) in [6.07, 6.45) is 2.95. The predicted octanol–water partition coefficient (Wildman–Crippen LogP) is 2.25. The Kier molecular flexibility index (Phi) is 13.2. The third-order valence-corrected chi connectivity index (χ3v) is 8.19. The third kappa shape index (κ3) is 8.64. The smallest absolute Gasteiger partial charge is 0.246 e. The lowest BCUT2D eigenvalue weighted by molar-refractivity contribution is -0.143. The van der Waals surface area contributed by atoms with Crippen molar-refractivity contribution in [2.45, 2.75) is 83.1 Å². The average molecular weight is 593 g/mol. The van der Waals surface area contributed by atoms with Crippen LogP contribution in [0.3, 0.4) is 0 Å². The van der Waals surface area contributed by atoms with Gasteiger partial charge in [0.25, 0.3) is 0 Å². The highest BCUT2D eigenvalue weighted by Crippen LogP contribution is 2.34. The van der Waals surface area contributed by atoms with Gasteiger partial charge in [0.1, 0.15) is 12.1 Å². The Morgan fingerprint density at radius 3 is 2.07 bits per heavy atom. The van der Waals surface area contributed by atoms with Crippen LogP contribution in [0.25, 0.3) is 0 Å². The number of fused-ring (bicyclic) bond motifs is 1. The number of benzene rings is 2. The molecule has 6 N–H and O–H groups in total. The summed E-state index contributed by atoms with van der Waals surface area (Å²) >= 11 is 0. The van der Waals surface area contributed by atoms with Crippen LogP contribution < -0.4 is 27.0 Å². The van der Waals surface area contributed by atoms with Crippen molar-refractivity contribution < 1.29 is 19.2 Å². The zero-order chi connectivity index (χ0) is 31.4. The summed E-state index contributed by atoms with van der Waals surface area (Å²) in [5, 5.41) is 11.8. The predicted molar refractivity (Wildman–Crippen MR) is 168 cm³/mol. The second-order valence-corrected chi connectivity index (χ2v) is 10.9. The van der Waals surface area contributed by atoms with Crippen LogP contribution in [0.4, 0.5) is 0 Å². The van der Waals surface area contributed by atoms with Crippen LogP contribution in [0.2, 0.25) is 0 Å². The van der Waals surface area contributed by atoms with Gasteiger partial charge in [0.05, 0.1) is 18.6 Å². The zero-order valence-electron chi connectivity index (χ0n) is 25.8. The minimum absolute atomic E-state index is 0.123. The van der Waals surface area contributed by atoms with E-state index in [0.717, 1.165) is 11.1 Å². The Bertz CT molecular complexity index is 1150. The van der Waals surface area contributed by atoms with Gasteiger partial charge in [-0.3, -0.25) is 19.2 Å². The van der Waals surface area contributed by atoms with Gasteiger partial charge in [0.15, 0.2) is 0 Å². The molecule has 2 aliphatic heterocycles. The average Bonchev–Trinajstić information content (AvgIpc) is 3.43. The SMILES string of the molecule is CC.CC[C@H](N)C(=O)NC1C(=O)N2C(CCC1CNC(=O)CNC)CCC2C(=O)NC(c1ccccc1)c1ccccc1. The molecular formula is C33H48N6O4. The lowest BCUT2D eigenvalue weighted by Gasteiger charge is -2.33. The molecule has 0 bridgehead atoms. The summed E-state index contributed by atoms with van der Waals surface area (Å²) in [4.78, 5) is 54.8. The van der Waals surface area contributed by atoms with E-state index in [1.165, 1.54) is 0 Å². The molecule has 0 spiro atoms. The monoisotopic (exact) mass is 592 g/mol. The molecule has 2 aromatic carbocycles. The van der Waals surface area contributed by atoms with E-state index in [9.17, 15) is 19.2 Å². The van der Waals surface area contributed by atoms with Gasteiger partial charge in [-0.05, 0) is 50.3 Å². The second-order valence-electron chi connectivity index (χ2n) is 10.9. The van der Waals surface area contributed by atoms with Crippen molar-refractivity contribution in [2.75, 3.05) is 20.1 Å². The number of nitrogens with two attached hydrogens (primary N) is 1. The summed E-state index contributed by atoms with van der Waals surface area (Å²) in [6.45, 7) is 6.20. The van der Waals surface area contributed by atoms with Gasteiger partial charge in [-0.25, -0.2) is 0 Å². The zero-order valence-corrected chi connectivity index (χ0v) is 25.8. The molecule has 10 heteroatoms. The Balaban J connectivity index is 0.00000248. The van der Waals surface area contributed by atoms with E-state index < -0.39 is 24.0 Å². The van der Waals surface area contributed by atoms with Crippen molar-refractivity contribution >= 4 is 23.6 Å². The van der Waals surface area contributed by atoms with Gasteiger partial charge in [-0.15, -0.1) is 0 Å². The lowest BCUT2D eigenvalue weighted by atomic mass is 9.92. The number of amides is 4. The van der Waals surface area contributed by atoms with Gasteiger partial charge in [-0.1, -0.05) is 81.4 Å². The van der Waals surface area contributed by atoms with E-state index in [0.29, 0.717) is 32.1 Å². The maximum Gasteiger partial charge on any atom is 0.246 e. The summed E-state index contributed by atoms with van der Waals surface area (Å²) in [5.41, 5.74) is 7.88. The molecule has 10 nitrogen and oxygen atoms in total. The van der Waals surface area contributed by atoms with E-state index >= 15 is 0 Å². The molecule has 0 aliphatic carbocycles. The fourth-order valence-electron chi connectivity index (χ4n) is 5.89. The molecule has 2 saturated heterocycles. The lowest BCUT2D eigenvalue weighted by Crippen LogP contribution is -2.59. The quantitative estimate of drug-likeness (QED) is 0.271. The first-order chi connectivity index (χ1) is 20.8. The number of nitrogens with one attached hydrogen (secondary N) is 4. The summed E-state index contributed by atoms with van der Waals surface area (Å²) < 4.78 is 0. The molecule has 0 saturated carbocycles. The van der Waals surface area contributed by atoms with Crippen molar-refractivity contribution in [1.29, 1.82) is 0 Å². The van der Waals surface area contributed by atoms with Gasteiger partial charge in [-0.2, -0.15) is 0 Å². The Morgan fingerprint density at radius 1 is 0.930 bits per heavy atom. The maximum absolute atomic E-state index is 14.2. The van der Waals surface area contributed by atoms with Crippen molar-refractivity contribution in [1.82, 2.24) is 26.2 Å². The van der Waals surface area contributed by atoms with Crippen LogP contribution >= 0.6 is 0 Å². The highest BCUT2D eigenvalue weighted by molar-refractivity contribution is 5.94. The molecule has 43 heavy (non-hydrogen) atoms. The van der Waals surface area contributed by atoms with Crippen LogP contribution in [-0.2, 0) is 19.2 Å². The number of hydrogen-bond donors (Lipinski definition) is 5. The normalized spacial score (nSPS) is 22.0. The first-order valence-electron chi connectivity index (χ1n) is 15.5. The Hall–Kier alpha value is -3.76. The molecule has 2 aromatic rings. The van der Waals surface area contributed by atoms with Crippen LogP contribution in [0.5, 0.6) is 0 Å². The molecule has 0 radical (unpaired) electrons. The number of nitrogens with zero attached hydrogens (tertiary/aromatic N) is 1. The molecule has 2 heterocycles. The molecular weight excluding hydrogens is 544 g/mol. The fourth-order valence-corrected chi connectivity index (χ4v) is 5.89. The number of carbonyl (C=O) groups excluding carboxylic acids is 4. The summed E-state index contributed by atoms with van der Waals surface area (Å²) in [5.74, 6) is -1.46. The highest BCUT2D eigenvalue weighted by atomic mass is 16.2. The minimum atomic E-state index is -0.896. The largest absolute Gasteiger partial charge is 0.355 e. The van der Waals surface area contributed by atoms with E-state index in [-0.39, 0.29) is 48.8 Å². The van der Waals surface area contributed by atoms with E-state index in [1.54, 1.807) is 18.9 Å². The van der Waals surface area contributed by atoms with Crippen molar-refractivity contribution in [3.63, 3.8) is 0 Å². The molecule has 0 aromatic heterocycles. The standard InChI is InChI=1S/C31H42N6O4.C2H6/c1-3-24(32)29(39)36-28-22(18-34-26(38)19-33-2)14-15-23-16-17-25(37(23)31(28)41)30(40)35-27(20-10-6-4-7-11-20)21-12-8-5-9-13-21;1-2/h4-13,22-25,27-28,33H,3,14-19,32H2,1-2H3,(H,34,38)(H,35,40)(H,36,39);1-2H3/t22?,23?,24-,25?,28?;/m0./s1. The maximum atomic E-state index is 14.2. The van der Waals surface area contributed by atoms with Gasteiger partial charge in [0.2, 0.25) is 23.6 Å². The third-order valence-electron chi connectivity index (χ3n) is 8.19. The molecule has 4 amide bonds. The van der Waals surface area contributed by atoms with Gasteiger partial charge < -0.3 is 31.9 Å². The molecule has 5 atom stereocenters. The van der Waals surface area contributed by atoms with Crippen LogP contribution in [-0.4, -0.2) is 72.8 Å². The number of hydrogen-bond acceptors (Lipinski definition) is 6. The number of rotatable bonds is 11. The highest BCUT2D eigenvalue weighted by Gasteiger charge is 2.48. The molecule has 2 fully saturated rings. The Labute approximate surface area is 255 Å². The van der Waals surface area contributed by atoms with Crippen LogP contribution in [0, 0.1) is 5.92 Å². The number of likely N-dealkylation sites (N-methyl/N-ethyl adjacent to an activating group) is 1. The van der Waals surface area contributed by atoms with Gasteiger partial charge >= 0.3 is 0 Å².